The lowest BCUT2D eigenvalue weighted by Crippen LogP contribution is -2.22. The molecule has 0 unspecified atom stereocenters. The Bertz CT molecular complexity index is 1310. The number of hydrogen-bond acceptors (Lipinski definition) is 6. The Kier molecular flexibility index (Phi) is 5.87. The number of rotatable bonds is 6. The first-order valence-electron chi connectivity index (χ1n) is 10.8. The number of carbonyl (C=O) groups excluding carboxylic acids is 1. The van der Waals surface area contributed by atoms with Crippen LogP contribution in [0.2, 0.25) is 0 Å². The number of para-hydroxylation sites is 1. The molecule has 1 fully saturated rings. The van der Waals surface area contributed by atoms with E-state index in [1.165, 1.54) is 23.2 Å². The molecule has 1 N–H and O–H groups in total. The SMILES string of the molecule is N#Cc1cnccc1Cn1cccc1C(=O)Nc1nc([C@H]2CCCN2c2ccccc2)cs1. The summed E-state index contributed by atoms with van der Waals surface area (Å²) < 4.78 is 1.83. The number of anilines is 2. The molecule has 7 nitrogen and oxygen atoms in total. The van der Waals surface area contributed by atoms with Crippen LogP contribution in [-0.4, -0.2) is 27.0 Å². The van der Waals surface area contributed by atoms with Gasteiger partial charge in [-0.15, -0.1) is 11.3 Å². The van der Waals surface area contributed by atoms with Gasteiger partial charge < -0.3 is 9.47 Å². The van der Waals surface area contributed by atoms with E-state index in [0.29, 0.717) is 22.9 Å². The molecule has 0 saturated carbocycles. The van der Waals surface area contributed by atoms with E-state index in [0.717, 1.165) is 30.6 Å². The molecule has 0 spiro atoms. The minimum Gasteiger partial charge on any atom is -0.363 e. The molecule has 8 heteroatoms. The Hall–Kier alpha value is -3.96. The molecule has 4 heterocycles. The van der Waals surface area contributed by atoms with Gasteiger partial charge in [0.2, 0.25) is 0 Å². The topological polar surface area (TPSA) is 86.8 Å². The van der Waals surface area contributed by atoms with Crippen LogP contribution in [0.5, 0.6) is 0 Å². The van der Waals surface area contributed by atoms with Gasteiger partial charge in [-0.2, -0.15) is 5.26 Å². The van der Waals surface area contributed by atoms with Gasteiger partial charge in [-0.25, -0.2) is 4.98 Å². The van der Waals surface area contributed by atoms with Crippen LogP contribution in [0.15, 0.2) is 72.5 Å². The second-order valence-electron chi connectivity index (χ2n) is 7.88. The van der Waals surface area contributed by atoms with E-state index in [-0.39, 0.29) is 11.9 Å². The average Bonchev–Trinajstić information content (AvgIpc) is 3.61. The number of nitrogens with one attached hydrogen (secondary N) is 1. The van der Waals surface area contributed by atoms with E-state index in [1.54, 1.807) is 18.3 Å². The molecule has 5 rings (SSSR count). The second kappa shape index (κ2) is 9.27. The summed E-state index contributed by atoms with van der Waals surface area (Å²) in [6.07, 6.45) is 7.18. The van der Waals surface area contributed by atoms with Gasteiger partial charge in [0, 0.05) is 42.7 Å². The minimum absolute atomic E-state index is 0.217. The summed E-state index contributed by atoms with van der Waals surface area (Å²) in [6.45, 7) is 1.42. The summed E-state index contributed by atoms with van der Waals surface area (Å²) in [7, 11) is 0. The number of thiazole rings is 1. The fraction of sp³-hybridized carbons (Fsp3) is 0.200. The van der Waals surface area contributed by atoms with Crippen molar-refractivity contribution >= 4 is 28.1 Å². The maximum atomic E-state index is 13.0. The summed E-state index contributed by atoms with van der Waals surface area (Å²) in [5, 5.41) is 14.9. The summed E-state index contributed by atoms with van der Waals surface area (Å²) >= 11 is 1.44. The maximum absolute atomic E-state index is 13.0. The predicted molar refractivity (Wildman–Crippen MR) is 128 cm³/mol. The third-order valence-electron chi connectivity index (χ3n) is 5.86. The number of benzene rings is 1. The van der Waals surface area contributed by atoms with Gasteiger partial charge in [-0.05, 0) is 48.7 Å². The van der Waals surface area contributed by atoms with Crippen molar-refractivity contribution in [2.75, 3.05) is 16.8 Å². The van der Waals surface area contributed by atoms with Crippen molar-refractivity contribution < 1.29 is 4.79 Å². The van der Waals surface area contributed by atoms with Crippen LogP contribution in [0.3, 0.4) is 0 Å². The quantitative estimate of drug-likeness (QED) is 0.450. The number of aromatic nitrogens is 3. The standard InChI is InChI=1S/C25H22N6OS/c26-14-19-15-27-11-10-18(19)16-30-12-4-9-23(30)24(32)29-25-28-21(17-33-25)22-8-5-13-31(22)20-6-2-1-3-7-20/h1-4,6-7,9-12,15,17,22H,5,8,13,16H2,(H,28,29,32)/t22-/m1/s1. The molecule has 4 aromatic rings. The lowest BCUT2D eigenvalue weighted by Gasteiger charge is -2.25. The van der Waals surface area contributed by atoms with E-state index in [1.807, 2.05) is 28.3 Å². The second-order valence-corrected chi connectivity index (χ2v) is 8.74. The molecular weight excluding hydrogens is 432 g/mol. The smallest absolute Gasteiger partial charge is 0.274 e. The number of hydrogen-bond donors (Lipinski definition) is 1. The zero-order valence-electron chi connectivity index (χ0n) is 17.9. The molecule has 164 valence electrons. The first-order valence-corrected chi connectivity index (χ1v) is 11.7. The van der Waals surface area contributed by atoms with Crippen LogP contribution in [-0.2, 0) is 6.54 Å². The van der Waals surface area contributed by atoms with Gasteiger partial charge in [-0.3, -0.25) is 15.1 Å². The molecule has 1 aromatic carbocycles. The molecule has 1 saturated heterocycles. The van der Waals surface area contributed by atoms with Crippen molar-refractivity contribution in [3.63, 3.8) is 0 Å². The van der Waals surface area contributed by atoms with Crippen LogP contribution >= 0.6 is 11.3 Å². The molecule has 1 aliphatic heterocycles. The van der Waals surface area contributed by atoms with Gasteiger partial charge in [0.25, 0.3) is 5.91 Å². The monoisotopic (exact) mass is 454 g/mol. The zero-order chi connectivity index (χ0) is 22.6. The summed E-state index contributed by atoms with van der Waals surface area (Å²) in [5.41, 5.74) is 4.02. The molecular formula is C25H22N6OS. The molecule has 1 atom stereocenters. The van der Waals surface area contributed by atoms with Crippen molar-refractivity contribution in [2.45, 2.75) is 25.4 Å². The van der Waals surface area contributed by atoms with Crippen LogP contribution < -0.4 is 10.2 Å². The lowest BCUT2D eigenvalue weighted by molar-refractivity contribution is 0.101. The molecule has 0 radical (unpaired) electrons. The van der Waals surface area contributed by atoms with Crippen LogP contribution in [0.4, 0.5) is 10.8 Å². The summed E-state index contributed by atoms with van der Waals surface area (Å²) in [6, 6.07) is 18.1. The van der Waals surface area contributed by atoms with Crippen molar-refractivity contribution in [3.8, 4) is 6.07 Å². The third kappa shape index (κ3) is 4.36. The minimum atomic E-state index is -0.222. The van der Waals surface area contributed by atoms with Gasteiger partial charge in [-0.1, -0.05) is 18.2 Å². The van der Waals surface area contributed by atoms with E-state index in [2.05, 4.69) is 45.5 Å². The third-order valence-corrected chi connectivity index (χ3v) is 6.64. The number of pyridine rings is 1. The highest BCUT2D eigenvalue weighted by molar-refractivity contribution is 7.14. The first-order chi connectivity index (χ1) is 16.2. The summed E-state index contributed by atoms with van der Waals surface area (Å²) in [5.74, 6) is -0.222. The van der Waals surface area contributed by atoms with Gasteiger partial charge >= 0.3 is 0 Å². The zero-order valence-corrected chi connectivity index (χ0v) is 18.7. The molecule has 1 aliphatic rings. The largest absolute Gasteiger partial charge is 0.363 e. The molecule has 33 heavy (non-hydrogen) atoms. The van der Waals surface area contributed by atoms with Crippen LogP contribution in [0, 0.1) is 11.3 Å². The normalized spacial score (nSPS) is 15.4. The van der Waals surface area contributed by atoms with E-state index in [9.17, 15) is 10.1 Å². The first kappa shape index (κ1) is 20.9. The molecule has 0 bridgehead atoms. The summed E-state index contributed by atoms with van der Waals surface area (Å²) in [4.78, 5) is 24.1. The molecule has 3 aromatic heterocycles. The lowest BCUT2D eigenvalue weighted by atomic mass is 10.1. The molecule has 1 amide bonds. The van der Waals surface area contributed by atoms with Gasteiger partial charge in [0.15, 0.2) is 5.13 Å². The Morgan fingerprint density at radius 1 is 1.21 bits per heavy atom. The van der Waals surface area contributed by atoms with Crippen molar-refractivity contribution in [2.24, 2.45) is 0 Å². The Labute approximate surface area is 196 Å². The Morgan fingerprint density at radius 2 is 2.09 bits per heavy atom. The highest BCUT2D eigenvalue weighted by atomic mass is 32.1. The fourth-order valence-electron chi connectivity index (χ4n) is 4.26. The average molecular weight is 455 g/mol. The Balaban J connectivity index is 1.30. The predicted octanol–water partition coefficient (Wildman–Crippen LogP) is 4.85. The number of nitriles is 1. The van der Waals surface area contributed by atoms with Crippen molar-refractivity contribution in [1.82, 2.24) is 14.5 Å². The Morgan fingerprint density at radius 3 is 2.94 bits per heavy atom. The van der Waals surface area contributed by atoms with Gasteiger partial charge in [0.05, 0.1) is 17.3 Å². The number of carbonyl (C=O) groups is 1. The van der Waals surface area contributed by atoms with Crippen molar-refractivity contribution in [1.29, 1.82) is 5.26 Å². The fourth-order valence-corrected chi connectivity index (χ4v) is 5.02. The number of amides is 1. The van der Waals surface area contributed by atoms with Crippen molar-refractivity contribution in [3.05, 3.63) is 95.0 Å². The van der Waals surface area contributed by atoms with E-state index >= 15 is 0 Å². The number of nitrogens with zero attached hydrogens (tertiary/aromatic N) is 5. The highest BCUT2D eigenvalue weighted by Gasteiger charge is 2.28. The van der Waals surface area contributed by atoms with E-state index in [4.69, 9.17) is 4.98 Å². The van der Waals surface area contributed by atoms with Gasteiger partial charge in [0.1, 0.15) is 11.8 Å². The van der Waals surface area contributed by atoms with Crippen LogP contribution in [0.1, 0.15) is 46.2 Å². The highest BCUT2D eigenvalue weighted by Crippen LogP contribution is 2.37. The van der Waals surface area contributed by atoms with Crippen LogP contribution in [0.25, 0.3) is 0 Å². The maximum Gasteiger partial charge on any atom is 0.274 e. The molecule has 0 aliphatic carbocycles. The van der Waals surface area contributed by atoms with E-state index < -0.39 is 0 Å².